The fraction of sp³-hybridized carbons (Fsp3) is 0.550. The highest BCUT2D eigenvalue weighted by molar-refractivity contribution is 6.31. The second kappa shape index (κ2) is 6.65. The van der Waals surface area contributed by atoms with Crippen LogP contribution in [0.1, 0.15) is 48.9 Å². The normalized spacial score (nSPS) is 25.4. The van der Waals surface area contributed by atoms with Crippen molar-refractivity contribution in [3.8, 4) is 0 Å². The summed E-state index contributed by atoms with van der Waals surface area (Å²) >= 11 is 6.14. The maximum atomic E-state index is 12.9. The van der Waals surface area contributed by atoms with Gasteiger partial charge < -0.3 is 15.0 Å². The number of nitrogens with zero attached hydrogens (tertiary/aromatic N) is 1. The Morgan fingerprint density at radius 1 is 1.28 bits per heavy atom. The van der Waals surface area contributed by atoms with Gasteiger partial charge in [-0.15, -0.1) is 0 Å². The Labute approximate surface area is 153 Å². The molecule has 0 spiro atoms. The van der Waals surface area contributed by atoms with Gasteiger partial charge in [-0.2, -0.15) is 0 Å². The average Bonchev–Trinajstić information content (AvgIpc) is 2.99. The van der Waals surface area contributed by atoms with E-state index in [4.69, 9.17) is 11.6 Å². The van der Waals surface area contributed by atoms with Crippen LogP contribution in [0.2, 0.25) is 5.02 Å². The van der Waals surface area contributed by atoms with Gasteiger partial charge in [0.2, 0.25) is 0 Å². The first-order valence-corrected chi connectivity index (χ1v) is 9.65. The number of rotatable bonds is 5. The maximum Gasteiger partial charge on any atom is 0.253 e. The van der Waals surface area contributed by atoms with Crippen LogP contribution in [0.15, 0.2) is 24.4 Å². The van der Waals surface area contributed by atoms with E-state index in [0.717, 1.165) is 23.4 Å². The van der Waals surface area contributed by atoms with Crippen LogP contribution in [-0.2, 0) is 6.54 Å². The number of benzene rings is 1. The van der Waals surface area contributed by atoms with Crippen molar-refractivity contribution in [1.29, 1.82) is 0 Å². The molecule has 1 heterocycles. The van der Waals surface area contributed by atoms with Gasteiger partial charge in [0.05, 0.1) is 12.2 Å². The van der Waals surface area contributed by atoms with Gasteiger partial charge in [-0.05, 0) is 68.1 Å². The van der Waals surface area contributed by atoms with E-state index in [9.17, 15) is 9.90 Å². The highest BCUT2D eigenvalue weighted by Gasteiger charge is 2.40. The largest absolute Gasteiger partial charge is 0.395 e. The van der Waals surface area contributed by atoms with Crippen molar-refractivity contribution in [2.45, 2.75) is 45.1 Å². The summed E-state index contributed by atoms with van der Waals surface area (Å²) in [5.74, 6) is 0.891. The Morgan fingerprint density at radius 2 is 2.00 bits per heavy atom. The maximum absolute atomic E-state index is 12.9. The topological polar surface area (TPSA) is 54.3 Å². The van der Waals surface area contributed by atoms with E-state index >= 15 is 0 Å². The molecule has 3 fully saturated rings. The van der Waals surface area contributed by atoms with Crippen LogP contribution < -0.4 is 5.32 Å². The fourth-order valence-electron chi connectivity index (χ4n) is 4.71. The molecule has 0 radical (unpaired) electrons. The summed E-state index contributed by atoms with van der Waals surface area (Å²) in [6, 6.07) is 5.56. The van der Waals surface area contributed by atoms with E-state index in [1.807, 2.05) is 29.0 Å². The minimum absolute atomic E-state index is 0.0361. The zero-order valence-corrected chi connectivity index (χ0v) is 15.2. The van der Waals surface area contributed by atoms with Crippen molar-refractivity contribution in [2.24, 2.45) is 11.3 Å². The fourth-order valence-corrected chi connectivity index (χ4v) is 4.88. The van der Waals surface area contributed by atoms with Crippen LogP contribution in [0.5, 0.6) is 0 Å². The van der Waals surface area contributed by atoms with E-state index in [-0.39, 0.29) is 12.5 Å². The van der Waals surface area contributed by atoms with Crippen molar-refractivity contribution in [3.05, 3.63) is 35.0 Å². The van der Waals surface area contributed by atoms with Crippen molar-refractivity contribution in [3.63, 3.8) is 0 Å². The first-order chi connectivity index (χ1) is 12.1. The summed E-state index contributed by atoms with van der Waals surface area (Å²) in [4.78, 5) is 12.9. The Hall–Kier alpha value is -1.52. The molecule has 1 aromatic heterocycles. The Kier molecular flexibility index (Phi) is 4.50. The van der Waals surface area contributed by atoms with Crippen molar-refractivity contribution < 1.29 is 9.90 Å². The van der Waals surface area contributed by atoms with Crippen LogP contribution in [0.3, 0.4) is 0 Å². The van der Waals surface area contributed by atoms with E-state index in [1.54, 1.807) is 0 Å². The third kappa shape index (κ3) is 3.18. The molecule has 3 aliphatic rings. The molecule has 1 aromatic carbocycles. The van der Waals surface area contributed by atoms with Gasteiger partial charge in [0.15, 0.2) is 0 Å². The molecule has 3 saturated carbocycles. The van der Waals surface area contributed by atoms with Crippen molar-refractivity contribution >= 4 is 28.4 Å². The predicted octanol–water partition coefficient (Wildman–Crippen LogP) is 3.99. The number of amides is 1. The number of carbonyl (C=O) groups is 1. The minimum Gasteiger partial charge on any atom is -0.395 e. The number of halogens is 1. The minimum atomic E-state index is -0.0361. The molecule has 0 saturated heterocycles. The van der Waals surface area contributed by atoms with E-state index in [0.29, 0.717) is 22.5 Å². The predicted molar refractivity (Wildman–Crippen MR) is 100.0 cm³/mol. The SMILES string of the molecule is O=C(NCC12CCC(CC1)CC2)c1cn(CCO)c2ccc(Cl)cc12. The second-order valence-corrected chi connectivity index (χ2v) is 8.22. The molecule has 0 unspecified atom stereocenters. The van der Waals surface area contributed by atoms with E-state index in [2.05, 4.69) is 5.32 Å². The monoisotopic (exact) mass is 360 g/mol. The number of aromatic nitrogens is 1. The Balaban J connectivity index is 1.56. The summed E-state index contributed by atoms with van der Waals surface area (Å²) in [6.45, 7) is 1.28. The third-order valence-corrected chi connectivity index (χ3v) is 6.54. The molecule has 4 nitrogen and oxygen atoms in total. The summed E-state index contributed by atoms with van der Waals surface area (Å²) in [6.07, 6.45) is 9.54. The van der Waals surface area contributed by atoms with Gasteiger partial charge in [-0.25, -0.2) is 0 Å². The van der Waals surface area contributed by atoms with Gasteiger partial charge in [0.25, 0.3) is 5.91 Å². The quantitative estimate of drug-likeness (QED) is 0.847. The first-order valence-electron chi connectivity index (χ1n) is 9.28. The molecule has 3 aliphatic carbocycles. The third-order valence-electron chi connectivity index (χ3n) is 6.30. The smallest absolute Gasteiger partial charge is 0.253 e. The summed E-state index contributed by atoms with van der Waals surface area (Å²) < 4.78 is 1.92. The molecule has 2 N–H and O–H groups in total. The van der Waals surface area contributed by atoms with Gasteiger partial charge in [-0.1, -0.05) is 11.6 Å². The Bertz CT molecular complexity index is 777. The number of carbonyl (C=O) groups excluding carboxylic acids is 1. The van der Waals surface area contributed by atoms with Gasteiger partial charge >= 0.3 is 0 Å². The molecule has 2 bridgehead atoms. The lowest BCUT2D eigenvalue weighted by molar-refractivity contribution is 0.0598. The zero-order valence-electron chi connectivity index (χ0n) is 14.4. The Morgan fingerprint density at radius 3 is 2.68 bits per heavy atom. The van der Waals surface area contributed by atoms with Crippen LogP contribution >= 0.6 is 11.6 Å². The van der Waals surface area contributed by atoms with Gasteiger partial charge in [0.1, 0.15) is 0 Å². The summed E-state index contributed by atoms with van der Waals surface area (Å²) in [5, 5.41) is 13.9. The number of aliphatic hydroxyl groups is 1. The summed E-state index contributed by atoms with van der Waals surface area (Å²) in [7, 11) is 0. The average molecular weight is 361 g/mol. The standard InChI is InChI=1S/C20H25ClN2O2/c21-15-1-2-18-16(11-15)17(12-23(18)9-10-24)19(25)22-13-20-6-3-14(4-7-20)5-8-20/h1-2,11-12,14,24H,3-10,13H2,(H,22,25). The summed E-state index contributed by atoms with van der Waals surface area (Å²) in [5.41, 5.74) is 1.89. The van der Waals surface area contributed by atoms with Crippen LogP contribution in [0.25, 0.3) is 10.9 Å². The number of fused-ring (bicyclic) bond motifs is 4. The second-order valence-electron chi connectivity index (χ2n) is 7.79. The number of aliphatic hydroxyl groups excluding tert-OH is 1. The number of hydrogen-bond acceptors (Lipinski definition) is 2. The van der Waals surface area contributed by atoms with Crippen molar-refractivity contribution in [2.75, 3.05) is 13.2 Å². The molecule has 0 aliphatic heterocycles. The molecule has 0 atom stereocenters. The molecule has 5 heteroatoms. The molecule has 5 rings (SSSR count). The van der Waals surface area contributed by atoms with E-state index in [1.165, 1.54) is 38.5 Å². The number of nitrogens with one attached hydrogen (secondary N) is 1. The lowest BCUT2D eigenvalue weighted by Crippen LogP contribution is -2.43. The molecule has 2 aromatic rings. The first kappa shape index (κ1) is 16.9. The molecule has 25 heavy (non-hydrogen) atoms. The van der Waals surface area contributed by atoms with Crippen LogP contribution in [0.4, 0.5) is 0 Å². The molecule has 134 valence electrons. The van der Waals surface area contributed by atoms with Gasteiger partial charge in [0, 0.05) is 35.2 Å². The highest BCUT2D eigenvalue weighted by Crippen LogP contribution is 2.49. The molecular formula is C20H25ClN2O2. The van der Waals surface area contributed by atoms with Crippen LogP contribution in [0, 0.1) is 11.3 Å². The molecule has 1 amide bonds. The van der Waals surface area contributed by atoms with Crippen molar-refractivity contribution in [1.82, 2.24) is 9.88 Å². The zero-order chi connectivity index (χ0) is 17.4. The number of hydrogen-bond donors (Lipinski definition) is 2. The molecular weight excluding hydrogens is 336 g/mol. The van der Waals surface area contributed by atoms with Crippen LogP contribution in [-0.4, -0.2) is 28.7 Å². The lowest BCUT2D eigenvalue weighted by atomic mass is 9.61. The highest BCUT2D eigenvalue weighted by atomic mass is 35.5. The van der Waals surface area contributed by atoms with E-state index < -0.39 is 0 Å². The van der Waals surface area contributed by atoms with Gasteiger partial charge in [-0.3, -0.25) is 4.79 Å². The lowest BCUT2D eigenvalue weighted by Gasteiger charge is -2.46.